The van der Waals surface area contributed by atoms with E-state index in [2.05, 4.69) is 23.5 Å². The van der Waals surface area contributed by atoms with Gasteiger partial charge in [-0.15, -0.1) is 0 Å². The summed E-state index contributed by atoms with van der Waals surface area (Å²) in [5.41, 5.74) is 8.92. The second kappa shape index (κ2) is 6.28. The van der Waals surface area contributed by atoms with Crippen LogP contribution in [0.2, 0.25) is 0 Å². The standard InChI is InChI=1S/C18H21N3O2/c1-21-11-14(10-16(21)18(19)23)20-17(22)9-13-7-4-6-12-5-2-3-8-15(12)13/h2-3,5,8,10-11,13H,4,6-7,9H2,1H3,(H2,19,23)(H,20,22). The minimum absolute atomic E-state index is 0.0340. The quantitative estimate of drug-likeness (QED) is 0.910. The lowest BCUT2D eigenvalue weighted by Gasteiger charge is -2.24. The van der Waals surface area contributed by atoms with E-state index in [0.29, 0.717) is 17.8 Å². The van der Waals surface area contributed by atoms with E-state index in [0.717, 1.165) is 19.3 Å². The summed E-state index contributed by atoms with van der Waals surface area (Å²) in [6, 6.07) is 9.97. The molecule has 0 bridgehead atoms. The number of hydrogen-bond donors (Lipinski definition) is 2. The third kappa shape index (κ3) is 3.28. The average molecular weight is 311 g/mol. The number of nitrogens with one attached hydrogen (secondary N) is 1. The molecule has 0 saturated carbocycles. The maximum absolute atomic E-state index is 12.3. The van der Waals surface area contributed by atoms with Gasteiger partial charge >= 0.3 is 0 Å². The summed E-state index contributed by atoms with van der Waals surface area (Å²) in [6.45, 7) is 0. The highest BCUT2D eigenvalue weighted by atomic mass is 16.2. The molecule has 1 aliphatic carbocycles. The number of nitrogens with two attached hydrogens (primary N) is 1. The summed E-state index contributed by atoms with van der Waals surface area (Å²) < 4.78 is 1.62. The van der Waals surface area contributed by atoms with Crippen molar-refractivity contribution in [3.63, 3.8) is 0 Å². The minimum Gasteiger partial charge on any atom is -0.364 e. The zero-order chi connectivity index (χ0) is 16.4. The zero-order valence-corrected chi connectivity index (χ0v) is 13.2. The number of primary amides is 1. The van der Waals surface area contributed by atoms with Crippen LogP contribution in [0.1, 0.15) is 46.8 Å². The van der Waals surface area contributed by atoms with Crippen LogP contribution in [0.3, 0.4) is 0 Å². The first-order valence-corrected chi connectivity index (χ1v) is 7.88. The van der Waals surface area contributed by atoms with E-state index in [1.54, 1.807) is 23.9 Å². The molecule has 5 heteroatoms. The third-order valence-electron chi connectivity index (χ3n) is 4.47. The summed E-state index contributed by atoms with van der Waals surface area (Å²) in [5, 5.41) is 2.87. The van der Waals surface area contributed by atoms with Gasteiger partial charge in [-0.1, -0.05) is 24.3 Å². The lowest BCUT2D eigenvalue weighted by molar-refractivity contribution is -0.116. The Kier molecular flexibility index (Phi) is 4.19. The van der Waals surface area contributed by atoms with Gasteiger partial charge in [0, 0.05) is 19.7 Å². The number of benzene rings is 1. The van der Waals surface area contributed by atoms with Gasteiger partial charge in [0.15, 0.2) is 0 Å². The number of anilines is 1. The van der Waals surface area contributed by atoms with Crippen LogP contribution in [0.25, 0.3) is 0 Å². The van der Waals surface area contributed by atoms with Crippen molar-refractivity contribution < 1.29 is 9.59 Å². The summed E-state index contributed by atoms with van der Waals surface area (Å²) in [5.74, 6) is -0.276. The Morgan fingerprint density at radius 1 is 1.35 bits per heavy atom. The molecule has 2 aromatic rings. The number of aromatic nitrogens is 1. The molecule has 0 aliphatic heterocycles. The predicted octanol–water partition coefficient (Wildman–Crippen LogP) is 2.57. The van der Waals surface area contributed by atoms with Crippen LogP contribution in [0.15, 0.2) is 36.5 Å². The number of fused-ring (bicyclic) bond motifs is 1. The first kappa shape index (κ1) is 15.3. The molecule has 0 spiro atoms. The van der Waals surface area contributed by atoms with Gasteiger partial charge in [-0.2, -0.15) is 0 Å². The predicted molar refractivity (Wildman–Crippen MR) is 89.3 cm³/mol. The smallest absolute Gasteiger partial charge is 0.265 e. The molecule has 120 valence electrons. The first-order chi connectivity index (χ1) is 11.0. The Morgan fingerprint density at radius 2 is 2.13 bits per heavy atom. The summed E-state index contributed by atoms with van der Waals surface area (Å²) >= 11 is 0. The molecule has 1 heterocycles. The highest BCUT2D eigenvalue weighted by molar-refractivity contribution is 5.96. The van der Waals surface area contributed by atoms with Gasteiger partial charge in [-0.25, -0.2) is 0 Å². The van der Waals surface area contributed by atoms with E-state index < -0.39 is 5.91 Å². The molecule has 0 fully saturated rings. The molecule has 3 rings (SSSR count). The third-order valence-corrected chi connectivity index (χ3v) is 4.47. The second-order valence-electron chi connectivity index (χ2n) is 6.13. The van der Waals surface area contributed by atoms with Crippen molar-refractivity contribution >= 4 is 17.5 Å². The van der Waals surface area contributed by atoms with Crippen molar-refractivity contribution in [2.24, 2.45) is 12.8 Å². The second-order valence-corrected chi connectivity index (χ2v) is 6.13. The van der Waals surface area contributed by atoms with Crippen molar-refractivity contribution in [2.45, 2.75) is 31.6 Å². The fourth-order valence-electron chi connectivity index (χ4n) is 3.38. The van der Waals surface area contributed by atoms with E-state index in [9.17, 15) is 9.59 Å². The Morgan fingerprint density at radius 3 is 2.87 bits per heavy atom. The number of carbonyl (C=O) groups excluding carboxylic acids is 2. The molecule has 1 aromatic carbocycles. The number of carbonyl (C=O) groups is 2. The van der Waals surface area contributed by atoms with Crippen LogP contribution in [-0.4, -0.2) is 16.4 Å². The van der Waals surface area contributed by atoms with Crippen LogP contribution < -0.4 is 11.1 Å². The molecule has 2 amide bonds. The van der Waals surface area contributed by atoms with Crippen LogP contribution in [0.4, 0.5) is 5.69 Å². The Hall–Kier alpha value is -2.56. The fraction of sp³-hybridized carbons (Fsp3) is 0.333. The molecular formula is C18H21N3O2. The normalized spacial score (nSPS) is 16.7. The Labute approximate surface area is 135 Å². The molecular weight excluding hydrogens is 290 g/mol. The molecule has 1 unspecified atom stereocenters. The van der Waals surface area contributed by atoms with Gasteiger partial charge in [0.2, 0.25) is 5.91 Å². The van der Waals surface area contributed by atoms with Crippen molar-refractivity contribution in [1.82, 2.24) is 4.57 Å². The average Bonchev–Trinajstić information content (AvgIpc) is 2.88. The minimum atomic E-state index is -0.505. The van der Waals surface area contributed by atoms with Gasteiger partial charge in [0.25, 0.3) is 5.91 Å². The number of amides is 2. The zero-order valence-electron chi connectivity index (χ0n) is 13.2. The number of nitrogens with zero attached hydrogens (tertiary/aromatic N) is 1. The van der Waals surface area contributed by atoms with Gasteiger partial charge in [-0.3, -0.25) is 9.59 Å². The molecule has 1 aromatic heterocycles. The maximum Gasteiger partial charge on any atom is 0.265 e. The van der Waals surface area contributed by atoms with Crippen molar-refractivity contribution in [3.05, 3.63) is 53.3 Å². The molecule has 23 heavy (non-hydrogen) atoms. The van der Waals surface area contributed by atoms with Crippen molar-refractivity contribution in [1.29, 1.82) is 0 Å². The van der Waals surface area contributed by atoms with E-state index in [-0.39, 0.29) is 11.8 Å². The monoisotopic (exact) mass is 311 g/mol. The van der Waals surface area contributed by atoms with Crippen LogP contribution in [0.5, 0.6) is 0 Å². The highest BCUT2D eigenvalue weighted by Crippen LogP contribution is 2.34. The number of aryl methyl sites for hydroxylation is 2. The summed E-state index contributed by atoms with van der Waals surface area (Å²) in [4.78, 5) is 23.6. The first-order valence-electron chi connectivity index (χ1n) is 7.88. The maximum atomic E-state index is 12.3. The van der Waals surface area contributed by atoms with Crippen LogP contribution in [-0.2, 0) is 18.3 Å². The van der Waals surface area contributed by atoms with Gasteiger partial charge in [0.05, 0.1) is 5.69 Å². The molecule has 0 saturated heterocycles. The lowest BCUT2D eigenvalue weighted by atomic mass is 9.81. The number of rotatable bonds is 4. The molecule has 1 aliphatic rings. The van der Waals surface area contributed by atoms with E-state index >= 15 is 0 Å². The van der Waals surface area contributed by atoms with E-state index in [4.69, 9.17) is 5.73 Å². The Bertz CT molecular complexity index is 748. The molecule has 1 atom stereocenters. The van der Waals surface area contributed by atoms with Crippen LogP contribution in [0, 0.1) is 0 Å². The van der Waals surface area contributed by atoms with E-state index in [1.807, 2.05) is 6.07 Å². The Balaban J connectivity index is 1.69. The van der Waals surface area contributed by atoms with Gasteiger partial charge in [0.1, 0.15) is 5.69 Å². The van der Waals surface area contributed by atoms with Gasteiger partial charge < -0.3 is 15.6 Å². The largest absolute Gasteiger partial charge is 0.364 e. The summed E-state index contributed by atoms with van der Waals surface area (Å²) in [7, 11) is 1.73. The van der Waals surface area contributed by atoms with Crippen molar-refractivity contribution in [2.75, 3.05) is 5.32 Å². The highest BCUT2D eigenvalue weighted by Gasteiger charge is 2.22. The summed E-state index contributed by atoms with van der Waals surface area (Å²) in [6.07, 6.45) is 5.40. The topological polar surface area (TPSA) is 77.1 Å². The molecule has 5 nitrogen and oxygen atoms in total. The van der Waals surface area contributed by atoms with Crippen molar-refractivity contribution in [3.8, 4) is 0 Å². The number of hydrogen-bond acceptors (Lipinski definition) is 2. The molecule has 0 radical (unpaired) electrons. The van der Waals surface area contributed by atoms with Gasteiger partial charge in [-0.05, 0) is 42.4 Å². The SMILES string of the molecule is Cn1cc(NC(=O)CC2CCCc3ccccc32)cc1C(N)=O. The lowest BCUT2D eigenvalue weighted by Crippen LogP contribution is -2.18. The fourth-order valence-corrected chi connectivity index (χ4v) is 3.38. The van der Waals surface area contributed by atoms with E-state index in [1.165, 1.54) is 11.1 Å². The molecule has 3 N–H and O–H groups in total. The van der Waals surface area contributed by atoms with Crippen LogP contribution >= 0.6 is 0 Å².